The molecule has 3 aromatic rings. The zero-order valence-corrected chi connectivity index (χ0v) is 17.6. The molecule has 6 nitrogen and oxygen atoms in total. The van der Waals surface area contributed by atoms with Crippen LogP contribution in [-0.4, -0.2) is 36.1 Å². The average molecular weight is 424 g/mol. The Labute approximate surface area is 180 Å². The summed E-state index contributed by atoms with van der Waals surface area (Å²) in [4.78, 5) is 19.0. The van der Waals surface area contributed by atoms with Gasteiger partial charge in [-0.25, -0.2) is 9.37 Å². The van der Waals surface area contributed by atoms with E-state index in [1.54, 1.807) is 36.4 Å². The summed E-state index contributed by atoms with van der Waals surface area (Å²) in [7, 11) is 1.58. The third-order valence-electron chi connectivity index (χ3n) is 5.39. The molecule has 31 heavy (non-hydrogen) atoms. The highest BCUT2D eigenvalue weighted by molar-refractivity contribution is 5.78. The molecule has 2 aromatic carbocycles. The number of oxazole rings is 1. The molecule has 0 aliphatic carbocycles. The highest BCUT2D eigenvalue weighted by atomic mass is 19.1. The molecule has 0 bridgehead atoms. The largest absolute Gasteiger partial charge is 0.493 e. The summed E-state index contributed by atoms with van der Waals surface area (Å²) in [6, 6.07) is 11.7. The van der Waals surface area contributed by atoms with Crippen molar-refractivity contribution in [3.05, 3.63) is 77.3 Å². The lowest BCUT2D eigenvalue weighted by atomic mass is 10.1. The normalized spacial score (nSPS) is 15.8. The Bertz CT molecular complexity index is 1050. The third-order valence-corrected chi connectivity index (χ3v) is 5.39. The van der Waals surface area contributed by atoms with E-state index in [4.69, 9.17) is 13.9 Å². The van der Waals surface area contributed by atoms with E-state index in [1.807, 2.05) is 19.1 Å². The SMILES string of the molecule is COc1cc(C)ccc1OCC(=O)N1CCC[C@@H]1c1ncc(Cc2ccc(F)cc2)o1. The number of nitrogens with zero attached hydrogens (tertiary/aromatic N) is 2. The predicted molar refractivity (Wildman–Crippen MR) is 113 cm³/mol. The number of halogens is 1. The number of amides is 1. The summed E-state index contributed by atoms with van der Waals surface area (Å²) in [5.41, 5.74) is 1.99. The Morgan fingerprint density at radius 3 is 2.81 bits per heavy atom. The van der Waals surface area contributed by atoms with Crippen molar-refractivity contribution >= 4 is 5.91 Å². The average Bonchev–Trinajstić information content (AvgIpc) is 3.43. The Kier molecular flexibility index (Phi) is 6.21. The lowest BCUT2D eigenvalue weighted by Crippen LogP contribution is -2.34. The maximum Gasteiger partial charge on any atom is 0.261 e. The first-order chi connectivity index (χ1) is 15.0. The van der Waals surface area contributed by atoms with Gasteiger partial charge in [0.05, 0.1) is 13.3 Å². The molecule has 162 valence electrons. The fourth-order valence-corrected chi connectivity index (χ4v) is 3.80. The molecule has 1 saturated heterocycles. The molecular weight excluding hydrogens is 399 g/mol. The van der Waals surface area contributed by atoms with Crippen molar-refractivity contribution < 1.29 is 23.1 Å². The molecule has 1 aliphatic heterocycles. The number of aromatic nitrogens is 1. The summed E-state index contributed by atoms with van der Waals surface area (Å²) < 4.78 is 30.1. The number of ether oxygens (including phenoxy) is 2. The van der Waals surface area contributed by atoms with Crippen LogP contribution in [-0.2, 0) is 11.2 Å². The van der Waals surface area contributed by atoms with Crippen molar-refractivity contribution in [2.24, 2.45) is 0 Å². The van der Waals surface area contributed by atoms with Gasteiger partial charge in [-0.05, 0) is 55.2 Å². The van der Waals surface area contributed by atoms with Crippen molar-refractivity contribution in [2.75, 3.05) is 20.3 Å². The Balaban J connectivity index is 1.40. The van der Waals surface area contributed by atoms with Gasteiger partial charge < -0.3 is 18.8 Å². The second-order valence-corrected chi connectivity index (χ2v) is 7.66. The van der Waals surface area contributed by atoms with Crippen LogP contribution in [0.15, 0.2) is 53.1 Å². The van der Waals surface area contributed by atoms with Crippen molar-refractivity contribution in [1.29, 1.82) is 0 Å². The van der Waals surface area contributed by atoms with E-state index in [-0.39, 0.29) is 24.4 Å². The number of likely N-dealkylation sites (tertiary alicyclic amines) is 1. The fourth-order valence-electron chi connectivity index (χ4n) is 3.80. The van der Waals surface area contributed by atoms with E-state index in [2.05, 4.69) is 4.98 Å². The second kappa shape index (κ2) is 9.20. The minimum Gasteiger partial charge on any atom is -0.493 e. The van der Waals surface area contributed by atoms with Crippen molar-refractivity contribution in [1.82, 2.24) is 9.88 Å². The molecule has 1 fully saturated rings. The molecule has 7 heteroatoms. The number of benzene rings is 2. The van der Waals surface area contributed by atoms with Crippen LogP contribution >= 0.6 is 0 Å². The van der Waals surface area contributed by atoms with Crippen LogP contribution in [0.5, 0.6) is 11.5 Å². The van der Waals surface area contributed by atoms with Crippen molar-refractivity contribution in [3.8, 4) is 11.5 Å². The second-order valence-electron chi connectivity index (χ2n) is 7.66. The van der Waals surface area contributed by atoms with Gasteiger partial charge in [0, 0.05) is 13.0 Å². The minimum absolute atomic E-state index is 0.0843. The van der Waals surface area contributed by atoms with Gasteiger partial charge in [-0.15, -0.1) is 0 Å². The first-order valence-corrected chi connectivity index (χ1v) is 10.3. The molecule has 1 aromatic heterocycles. The van der Waals surface area contributed by atoms with E-state index >= 15 is 0 Å². The van der Waals surface area contributed by atoms with Crippen LogP contribution in [0.4, 0.5) is 4.39 Å². The summed E-state index contributed by atoms with van der Waals surface area (Å²) in [5, 5.41) is 0. The number of hydrogen-bond acceptors (Lipinski definition) is 5. The first-order valence-electron chi connectivity index (χ1n) is 10.3. The predicted octanol–water partition coefficient (Wildman–Crippen LogP) is 4.46. The maximum absolute atomic E-state index is 13.1. The highest BCUT2D eigenvalue weighted by Crippen LogP contribution is 2.33. The van der Waals surface area contributed by atoms with Crippen LogP contribution in [0.1, 0.15) is 41.7 Å². The van der Waals surface area contributed by atoms with Gasteiger partial charge in [0.25, 0.3) is 5.91 Å². The topological polar surface area (TPSA) is 64.8 Å². The molecule has 1 amide bonds. The van der Waals surface area contributed by atoms with E-state index < -0.39 is 0 Å². The third kappa shape index (κ3) is 4.87. The number of aryl methyl sites for hydroxylation is 1. The summed E-state index contributed by atoms with van der Waals surface area (Å²) >= 11 is 0. The van der Waals surface area contributed by atoms with E-state index in [9.17, 15) is 9.18 Å². The maximum atomic E-state index is 13.1. The Hall–Kier alpha value is -3.35. The number of carbonyl (C=O) groups is 1. The molecule has 0 N–H and O–H groups in total. The van der Waals surface area contributed by atoms with Crippen LogP contribution in [0.3, 0.4) is 0 Å². The number of hydrogen-bond donors (Lipinski definition) is 0. The van der Waals surface area contributed by atoms with Gasteiger partial charge >= 0.3 is 0 Å². The van der Waals surface area contributed by atoms with Crippen LogP contribution in [0.2, 0.25) is 0 Å². The molecular formula is C24H25FN2O4. The molecule has 0 spiro atoms. The van der Waals surface area contributed by atoms with Crippen molar-refractivity contribution in [2.45, 2.75) is 32.2 Å². The molecule has 0 saturated carbocycles. The van der Waals surface area contributed by atoms with Crippen LogP contribution in [0.25, 0.3) is 0 Å². The lowest BCUT2D eigenvalue weighted by Gasteiger charge is -2.22. The highest BCUT2D eigenvalue weighted by Gasteiger charge is 2.33. The number of methoxy groups -OCH3 is 1. The first kappa shape index (κ1) is 20.9. The van der Waals surface area contributed by atoms with Gasteiger partial charge in [-0.2, -0.15) is 0 Å². The van der Waals surface area contributed by atoms with E-state index in [0.29, 0.717) is 36.1 Å². The fraction of sp³-hybridized carbons (Fsp3) is 0.333. The quantitative estimate of drug-likeness (QED) is 0.560. The van der Waals surface area contributed by atoms with Gasteiger partial charge in [-0.3, -0.25) is 4.79 Å². The monoisotopic (exact) mass is 424 g/mol. The van der Waals surface area contributed by atoms with Crippen molar-refractivity contribution in [3.63, 3.8) is 0 Å². The Morgan fingerprint density at radius 1 is 1.23 bits per heavy atom. The molecule has 2 heterocycles. The summed E-state index contributed by atoms with van der Waals surface area (Å²) in [6.07, 6.45) is 3.85. The minimum atomic E-state index is -0.271. The molecule has 0 unspecified atom stereocenters. The van der Waals surface area contributed by atoms with Gasteiger partial charge in [0.1, 0.15) is 17.6 Å². The summed E-state index contributed by atoms with van der Waals surface area (Å²) in [5.74, 6) is 1.95. The summed E-state index contributed by atoms with van der Waals surface area (Å²) in [6.45, 7) is 2.51. The van der Waals surface area contributed by atoms with E-state index in [0.717, 1.165) is 24.0 Å². The van der Waals surface area contributed by atoms with Gasteiger partial charge in [0.2, 0.25) is 5.89 Å². The molecule has 1 aliphatic rings. The molecule has 1 atom stereocenters. The van der Waals surface area contributed by atoms with E-state index in [1.165, 1.54) is 12.1 Å². The van der Waals surface area contributed by atoms with Gasteiger partial charge in [0.15, 0.2) is 18.1 Å². The van der Waals surface area contributed by atoms with Crippen LogP contribution < -0.4 is 9.47 Å². The lowest BCUT2D eigenvalue weighted by molar-refractivity contribution is -0.134. The smallest absolute Gasteiger partial charge is 0.261 e. The standard InChI is InChI=1S/C24H25FN2O4/c1-16-5-10-21(22(12-16)29-2)30-15-23(28)27-11-3-4-20(27)24-26-14-19(31-24)13-17-6-8-18(25)9-7-17/h5-10,12,14,20H,3-4,11,13,15H2,1-2H3/t20-/m1/s1. The number of carbonyl (C=O) groups excluding carboxylic acids is 1. The molecule has 4 rings (SSSR count). The number of rotatable bonds is 7. The zero-order valence-electron chi connectivity index (χ0n) is 17.6. The molecule has 0 radical (unpaired) electrons. The van der Waals surface area contributed by atoms with Gasteiger partial charge in [-0.1, -0.05) is 18.2 Å². The van der Waals surface area contributed by atoms with Crippen LogP contribution in [0, 0.1) is 12.7 Å². The zero-order chi connectivity index (χ0) is 21.8. The Morgan fingerprint density at radius 2 is 2.03 bits per heavy atom.